The number of rotatable bonds is 4. The summed E-state index contributed by atoms with van der Waals surface area (Å²) in [5, 5.41) is 3.21. The van der Waals surface area contributed by atoms with Crippen LogP contribution in [0, 0.1) is 0 Å². The molecule has 7 nitrogen and oxygen atoms in total. The Balaban J connectivity index is 1.60. The number of amides is 1. The van der Waals surface area contributed by atoms with Gasteiger partial charge in [-0.1, -0.05) is 0 Å². The summed E-state index contributed by atoms with van der Waals surface area (Å²) < 4.78 is 29.4. The molecule has 2 aliphatic rings. The molecular weight excluding hydrogens is 378 g/mol. The van der Waals surface area contributed by atoms with Gasteiger partial charge in [0, 0.05) is 39.3 Å². The van der Waals surface area contributed by atoms with Crippen LogP contribution in [-0.4, -0.2) is 57.4 Å². The first-order valence-corrected chi connectivity index (χ1v) is 10.0. The molecule has 0 saturated carbocycles. The van der Waals surface area contributed by atoms with Crippen molar-refractivity contribution in [2.24, 2.45) is 7.05 Å². The highest BCUT2D eigenvalue weighted by Gasteiger charge is 2.43. The number of pyridine rings is 1. The van der Waals surface area contributed by atoms with Crippen LogP contribution < -0.4 is 10.2 Å². The third-order valence-electron chi connectivity index (χ3n) is 5.85. The molecular formula is C20H27F2N6O+. The molecule has 156 valence electrons. The van der Waals surface area contributed by atoms with Crippen molar-refractivity contribution < 1.29 is 18.5 Å². The van der Waals surface area contributed by atoms with Gasteiger partial charge in [0.2, 0.25) is 11.7 Å². The van der Waals surface area contributed by atoms with Crippen LogP contribution in [0.4, 0.5) is 26.2 Å². The van der Waals surface area contributed by atoms with Crippen LogP contribution in [0.25, 0.3) is 0 Å². The van der Waals surface area contributed by atoms with Gasteiger partial charge in [0.05, 0.1) is 19.3 Å². The molecule has 1 unspecified atom stereocenters. The molecule has 29 heavy (non-hydrogen) atoms. The topological polar surface area (TPSA) is 67.5 Å². The number of hydrogen-bond donors (Lipinski definition) is 2. The Bertz CT molecular complexity index is 891. The van der Waals surface area contributed by atoms with Crippen LogP contribution in [-0.2, 0) is 11.8 Å². The smallest absolute Gasteiger partial charge is 0.301 e. The van der Waals surface area contributed by atoms with E-state index in [0.29, 0.717) is 28.9 Å². The van der Waals surface area contributed by atoms with Gasteiger partial charge >= 0.3 is 5.92 Å². The molecule has 2 saturated heterocycles. The summed E-state index contributed by atoms with van der Waals surface area (Å²) in [4.78, 5) is 23.1. The lowest BCUT2D eigenvalue weighted by atomic mass is 9.89. The van der Waals surface area contributed by atoms with Gasteiger partial charge in [-0.15, -0.1) is 0 Å². The summed E-state index contributed by atoms with van der Waals surface area (Å²) in [5.41, 5.74) is 1.08. The van der Waals surface area contributed by atoms with Gasteiger partial charge in [-0.05, 0) is 30.4 Å². The molecule has 0 spiro atoms. The minimum atomic E-state index is -2.64. The monoisotopic (exact) mass is 405 g/mol. The molecule has 0 aliphatic carbocycles. The number of halogens is 2. The standard InChI is InChI=1S/C20H26F2N6O/c1-14(29)27-6-3-15(4-7-27)16-9-17(24-18-11-26(2)13-23-18)25-19(10-16)28-8-5-20(21,22)12-28/h9-11,13,15H,3-8,12H2,1-2H3,(H,24,25)/p+1. The second kappa shape index (κ2) is 7.70. The fraction of sp³-hybridized carbons (Fsp3) is 0.550. The van der Waals surface area contributed by atoms with Crippen molar-refractivity contribution in [1.29, 1.82) is 0 Å². The Morgan fingerprint density at radius 3 is 2.62 bits per heavy atom. The van der Waals surface area contributed by atoms with Crippen molar-refractivity contribution in [2.45, 2.75) is 38.0 Å². The van der Waals surface area contributed by atoms with Crippen LogP contribution in [0.1, 0.15) is 37.7 Å². The zero-order valence-electron chi connectivity index (χ0n) is 16.8. The maximum atomic E-state index is 13.8. The van der Waals surface area contributed by atoms with Crippen molar-refractivity contribution in [1.82, 2.24) is 19.4 Å². The highest BCUT2D eigenvalue weighted by atomic mass is 19.3. The minimum Gasteiger partial charge on any atom is -0.343 e. The fourth-order valence-electron chi connectivity index (χ4n) is 4.21. The zero-order valence-corrected chi connectivity index (χ0v) is 16.8. The predicted octanol–water partition coefficient (Wildman–Crippen LogP) is 1.84. The van der Waals surface area contributed by atoms with E-state index in [1.807, 2.05) is 34.8 Å². The van der Waals surface area contributed by atoms with Crippen molar-refractivity contribution in [3.05, 3.63) is 30.2 Å². The van der Waals surface area contributed by atoms with Crippen LogP contribution >= 0.6 is 0 Å². The number of nitrogens with one attached hydrogen (secondary N) is 2. The first-order valence-electron chi connectivity index (χ1n) is 10.0. The number of likely N-dealkylation sites (tertiary alicyclic amines) is 1. The highest BCUT2D eigenvalue weighted by molar-refractivity contribution is 5.73. The van der Waals surface area contributed by atoms with E-state index in [1.165, 1.54) is 0 Å². The number of imidazole rings is 1. The number of carbonyl (C=O) groups excluding carboxylic acids is 1. The quantitative estimate of drug-likeness (QED) is 0.815. The molecule has 2 aliphatic heterocycles. The van der Waals surface area contributed by atoms with E-state index in [2.05, 4.69) is 15.3 Å². The molecule has 4 heterocycles. The number of piperidine rings is 1. The molecule has 4 rings (SSSR count). The van der Waals surface area contributed by atoms with Crippen LogP contribution in [0.15, 0.2) is 24.7 Å². The summed E-state index contributed by atoms with van der Waals surface area (Å²) in [6.07, 6.45) is 5.14. The number of alkyl halides is 2. The van der Waals surface area contributed by atoms with Crippen molar-refractivity contribution in [2.75, 3.05) is 31.5 Å². The molecule has 0 bridgehead atoms. The van der Waals surface area contributed by atoms with E-state index >= 15 is 0 Å². The third-order valence-corrected chi connectivity index (χ3v) is 5.85. The summed E-state index contributed by atoms with van der Waals surface area (Å²) in [7, 11) is 1.88. The van der Waals surface area contributed by atoms with Crippen molar-refractivity contribution >= 4 is 23.4 Å². The lowest BCUT2D eigenvalue weighted by molar-refractivity contribution is -0.825. The molecule has 0 aromatic carbocycles. The van der Waals surface area contributed by atoms with E-state index in [4.69, 9.17) is 0 Å². The molecule has 2 aromatic heterocycles. The Morgan fingerprint density at radius 1 is 1.28 bits per heavy atom. The molecule has 2 fully saturated rings. The third kappa shape index (κ3) is 4.55. The van der Waals surface area contributed by atoms with Crippen LogP contribution in [0.5, 0.6) is 0 Å². The number of anilines is 2. The van der Waals surface area contributed by atoms with Gasteiger partial charge in [-0.3, -0.25) is 9.69 Å². The zero-order chi connectivity index (χ0) is 20.6. The van der Waals surface area contributed by atoms with E-state index in [-0.39, 0.29) is 24.8 Å². The van der Waals surface area contributed by atoms with E-state index in [0.717, 1.165) is 31.5 Å². The van der Waals surface area contributed by atoms with Gasteiger partial charge in [-0.2, -0.15) is 4.98 Å². The summed E-state index contributed by atoms with van der Waals surface area (Å²) in [6.45, 7) is 3.17. The second-order valence-corrected chi connectivity index (χ2v) is 8.14. The maximum absolute atomic E-state index is 13.8. The molecule has 2 aromatic rings. The van der Waals surface area contributed by atoms with Gasteiger partial charge in [0.1, 0.15) is 18.2 Å². The van der Waals surface area contributed by atoms with Crippen molar-refractivity contribution in [3.63, 3.8) is 0 Å². The Kier molecular flexibility index (Phi) is 5.24. The Labute approximate surface area is 168 Å². The molecule has 0 radical (unpaired) electrons. The average molecular weight is 405 g/mol. The number of hydrogen-bond acceptors (Lipinski definition) is 4. The largest absolute Gasteiger partial charge is 0.343 e. The molecule has 2 N–H and O–H groups in total. The van der Waals surface area contributed by atoms with Gasteiger partial charge in [-0.25, -0.2) is 13.8 Å². The minimum absolute atomic E-state index is 0.0973. The van der Waals surface area contributed by atoms with E-state index in [1.54, 1.807) is 13.3 Å². The number of aryl methyl sites for hydroxylation is 1. The normalized spacial score (nSPS) is 22.1. The fourth-order valence-corrected chi connectivity index (χ4v) is 4.21. The number of quaternary nitrogens is 1. The predicted molar refractivity (Wildman–Crippen MR) is 105 cm³/mol. The van der Waals surface area contributed by atoms with E-state index < -0.39 is 5.92 Å². The first kappa shape index (κ1) is 19.8. The molecule has 9 heteroatoms. The van der Waals surface area contributed by atoms with Crippen LogP contribution in [0.2, 0.25) is 0 Å². The van der Waals surface area contributed by atoms with Gasteiger partial charge < -0.3 is 14.8 Å². The van der Waals surface area contributed by atoms with Gasteiger partial charge in [0.15, 0.2) is 0 Å². The molecule has 1 amide bonds. The van der Waals surface area contributed by atoms with Crippen LogP contribution in [0.3, 0.4) is 0 Å². The lowest BCUT2D eigenvalue weighted by Crippen LogP contribution is -3.06. The highest BCUT2D eigenvalue weighted by Crippen LogP contribution is 2.31. The molecule has 1 atom stereocenters. The summed E-state index contributed by atoms with van der Waals surface area (Å²) >= 11 is 0. The number of aromatic nitrogens is 3. The Hall–Kier alpha value is -2.55. The summed E-state index contributed by atoms with van der Waals surface area (Å²) in [6, 6.07) is 3.95. The summed E-state index contributed by atoms with van der Waals surface area (Å²) in [5.74, 6) is -0.343. The maximum Gasteiger partial charge on any atom is 0.301 e. The van der Waals surface area contributed by atoms with E-state index in [9.17, 15) is 13.6 Å². The number of carbonyl (C=O) groups is 1. The number of nitrogens with zero attached hydrogens (tertiary/aromatic N) is 4. The van der Waals surface area contributed by atoms with Crippen molar-refractivity contribution in [3.8, 4) is 0 Å². The average Bonchev–Trinajstić information content (AvgIpc) is 3.26. The first-order chi connectivity index (χ1) is 13.8. The van der Waals surface area contributed by atoms with Gasteiger partial charge in [0.25, 0.3) is 0 Å². The SMILES string of the molecule is CC(=O)N1CCC(c2cc(Nc3cn(C)cn3)nc([NH+]3CCC(F)(F)C3)c2)CC1. The lowest BCUT2D eigenvalue weighted by Gasteiger charge is -2.31. The Morgan fingerprint density at radius 2 is 2.03 bits per heavy atom. The second-order valence-electron chi connectivity index (χ2n) is 8.14.